The molecule has 0 radical (unpaired) electrons. The molecular weight excluding hydrogens is 355 g/mol. The molecule has 0 aliphatic carbocycles. The van der Waals surface area contributed by atoms with Gasteiger partial charge in [0.1, 0.15) is 19.0 Å². The number of nitrogens with zero attached hydrogens (tertiary/aromatic N) is 2. The molecule has 0 bridgehead atoms. The van der Waals surface area contributed by atoms with E-state index in [1.807, 2.05) is 65.7 Å². The summed E-state index contributed by atoms with van der Waals surface area (Å²) >= 11 is 0. The zero-order valence-corrected chi connectivity index (χ0v) is 15.2. The van der Waals surface area contributed by atoms with Gasteiger partial charge in [0.05, 0.1) is 17.4 Å². The number of benzene rings is 3. The monoisotopic (exact) mass is 374 g/mol. The van der Waals surface area contributed by atoms with Crippen molar-refractivity contribution in [3.63, 3.8) is 0 Å². The van der Waals surface area contributed by atoms with Crippen molar-refractivity contribution in [2.75, 3.05) is 18.2 Å². The molecule has 3 aromatic carbocycles. The van der Waals surface area contributed by atoms with Gasteiger partial charge in [-0.15, -0.1) is 0 Å². The number of rotatable bonds is 3. The Morgan fingerprint density at radius 1 is 0.857 bits per heavy atom. The molecule has 1 unspecified atom stereocenters. The number of hydrazone groups is 1. The van der Waals surface area contributed by atoms with Gasteiger partial charge in [0.15, 0.2) is 11.5 Å². The van der Waals surface area contributed by atoms with E-state index in [-0.39, 0.29) is 11.9 Å². The van der Waals surface area contributed by atoms with Crippen molar-refractivity contribution in [2.24, 2.45) is 5.10 Å². The largest absolute Gasteiger partial charge is 0.486 e. The minimum Gasteiger partial charge on any atom is -0.486 e. The molecule has 2 aliphatic heterocycles. The van der Waals surface area contributed by atoms with E-state index in [0.717, 1.165) is 28.5 Å². The maximum absolute atomic E-state index is 14.6. The van der Waals surface area contributed by atoms with Gasteiger partial charge < -0.3 is 9.47 Å². The number of ether oxygens (including phenoxy) is 2. The van der Waals surface area contributed by atoms with Gasteiger partial charge in [-0.2, -0.15) is 5.10 Å². The van der Waals surface area contributed by atoms with Crippen molar-refractivity contribution in [2.45, 2.75) is 12.5 Å². The van der Waals surface area contributed by atoms with Gasteiger partial charge in [0.2, 0.25) is 0 Å². The summed E-state index contributed by atoms with van der Waals surface area (Å²) < 4.78 is 25.9. The van der Waals surface area contributed by atoms with Crippen LogP contribution in [0.1, 0.15) is 23.6 Å². The average Bonchev–Trinajstić information content (AvgIpc) is 3.19. The Bertz CT molecular complexity index is 1040. The summed E-state index contributed by atoms with van der Waals surface area (Å²) in [6, 6.07) is 22.4. The van der Waals surface area contributed by atoms with Crippen LogP contribution >= 0.6 is 0 Å². The number of hydrogen-bond donors (Lipinski definition) is 0. The van der Waals surface area contributed by atoms with Gasteiger partial charge in [0.25, 0.3) is 0 Å². The molecule has 3 aromatic rings. The lowest BCUT2D eigenvalue weighted by molar-refractivity contribution is 0.171. The summed E-state index contributed by atoms with van der Waals surface area (Å²) in [5, 5.41) is 6.77. The molecule has 2 heterocycles. The van der Waals surface area contributed by atoms with Crippen LogP contribution in [0.4, 0.5) is 10.1 Å². The highest BCUT2D eigenvalue weighted by atomic mass is 19.1. The van der Waals surface area contributed by atoms with Crippen LogP contribution in [-0.2, 0) is 0 Å². The quantitative estimate of drug-likeness (QED) is 0.650. The van der Waals surface area contributed by atoms with Crippen molar-refractivity contribution in [3.8, 4) is 11.5 Å². The fourth-order valence-corrected chi connectivity index (χ4v) is 3.71. The lowest BCUT2D eigenvalue weighted by Crippen LogP contribution is -2.19. The Morgan fingerprint density at radius 3 is 2.43 bits per heavy atom. The number of anilines is 1. The SMILES string of the molecule is Fc1ccccc1C1CC(c2ccc3c(c2)OCCO3)=NN1c1ccccc1. The van der Waals surface area contributed by atoms with Gasteiger partial charge in [-0.3, -0.25) is 5.01 Å². The normalized spacial score (nSPS) is 18.1. The summed E-state index contributed by atoms with van der Waals surface area (Å²) in [6.07, 6.45) is 0.607. The van der Waals surface area contributed by atoms with Gasteiger partial charge >= 0.3 is 0 Å². The fraction of sp³-hybridized carbons (Fsp3) is 0.174. The Hall–Kier alpha value is -3.34. The van der Waals surface area contributed by atoms with Crippen molar-refractivity contribution in [3.05, 3.63) is 89.7 Å². The third-order valence-corrected chi connectivity index (χ3v) is 5.07. The first-order valence-electron chi connectivity index (χ1n) is 9.36. The number of fused-ring (bicyclic) bond motifs is 1. The molecule has 0 saturated carbocycles. The number of halogens is 1. The molecule has 0 saturated heterocycles. The third kappa shape index (κ3) is 2.99. The molecule has 2 aliphatic rings. The fourth-order valence-electron chi connectivity index (χ4n) is 3.71. The maximum Gasteiger partial charge on any atom is 0.162 e. The van der Waals surface area contributed by atoms with Gasteiger partial charge in [-0.05, 0) is 36.4 Å². The molecule has 0 N–H and O–H groups in total. The molecule has 0 fully saturated rings. The molecule has 4 nitrogen and oxygen atoms in total. The zero-order chi connectivity index (χ0) is 18.9. The second kappa shape index (κ2) is 7.00. The minimum atomic E-state index is -0.216. The molecule has 0 spiro atoms. The van der Waals surface area contributed by atoms with E-state index in [2.05, 4.69) is 0 Å². The van der Waals surface area contributed by atoms with Crippen LogP contribution in [0, 0.1) is 5.82 Å². The lowest BCUT2D eigenvalue weighted by Gasteiger charge is -2.24. The molecule has 140 valence electrons. The Labute approximate surface area is 162 Å². The minimum absolute atomic E-state index is 0.202. The molecule has 28 heavy (non-hydrogen) atoms. The Balaban J connectivity index is 1.55. The molecule has 1 atom stereocenters. The molecular formula is C23H19FN2O2. The molecule has 5 rings (SSSR count). The van der Waals surface area contributed by atoms with Crippen LogP contribution in [-0.4, -0.2) is 18.9 Å². The predicted octanol–water partition coefficient (Wildman–Crippen LogP) is 4.95. The van der Waals surface area contributed by atoms with Crippen molar-refractivity contribution < 1.29 is 13.9 Å². The first-order valence-corrected chi connectivity index (χ1v) is 9.36. The zero-order valence-electron chi connectivity index (χ0n) is 15.2. The summed E-state index contributed by atoms with van der Waals surface area (Å²) in [5.41, 5.74) is 3.43. The van der Waals surface area contributed by atoms with Crippen LogP contribution < -0.4 is 14.5 Å². The molecule has 0 amide bonds. The van der Waals surface area contributed by atoms with Crippen LogP contribution in [0.3, 0.4) is 0 Å². The first kappa shape index (κ1) is 16.8. The Morgan fingerprint density at radius 2 is 1.61 bits per heavy atom. The van der Waals surface area contributed by atoms with Crippen LogP contribution in [0.5, 0.6) is 11.5 Å². The first-order chi connectivity index (χ1) is 13.8. The van der Waals surface area contributed by atoms with E-state index in [9.17, 15) is 4.39 Å². The van der Waals surface area contributed by atoms with E-state index >= 15 is 0 Å². The molecule has 0 aromatic heterocycles. The van der Waals surface area contributed by atoms with E-state index in [0.29, 0.717) is 25.2 Å². The average molecular weight is 374 g/mol. The van der Waals surface area contributed by atoms with Gasteiger partial charge in [0, 0.05) is 17.5 Å². The second-order valence-electron chi connectivity index (χ2n) is 6.83. The van der Waals surface area contributed by atoms with Gasteiger partial charge in [-0.1, -0.05) is 36.4 Å². The van der Waals surface area contributed by atoms with Crippen molar-refractivity contribution >= 4 is 11.4 Å². The lowest BCUT2D eigenvalue weighted by atomic mass is 9.97. The number of hydrogen-bond acceptors (Lipinski definition) is 4. The highest BCUT2D eigenvalue weighted by Gasteiger charge is 2.32. The Kier molecular flexibility index (Phi) is 4.20. The van der Waals surface area contributed by atoms with Crippen LogP contribution in [0.2, 0.25) is 0 Å². The summed E-state index contributed by atoms with van der Waals surface area (Å²) in [5.74, 6) is 1.26. The maximum atomic E-state index is 14.6. The topological polar surface area (TPSA) is 34.1 Å². The highest BCUT2D eigenvalue weighted by molar-refractivity contribution is 6.03. The van der Waals surface area contributed by atoms with E-state index < -0.39 is 0 Å². The highest BCUT2D eigenvalue weighted by Crippen LogP contribution is 2.39. The van der Waals surface area contributed by atoms with E-state index in [1.165, 1.54) is 6.07 Å². The standard InChI is InChI=1S/C23H19FN2O2/c24-19-9-5-4-8-18(19)21-15-20(25-26(21)17-6-2-1-3-7-17)16-10-11-22-23(14-16)28-13-12-27-22/h1-11,14,21H,12-13,15H2. The third-order valence-electron chi connectivity index (χ3n) is 5.07. The van der Waals surface area contributed by atoms with Crippen LogP contribution in [0.25, 0.3) is 0 Å². The van der Waals surface area contributed by atoms with E-state index in [1.54, 1.807) is 6.07 Å². The molecule has 5 heteroatoms. The number of para-hydroxylation sites is 1. The summed E-state index contributed by atoms with van der Waals surface area (Å²) in [6.45, 7) is 1.10. The predicted molar refractivity (Wildman–Crippen MR) is 107 cm³/mol. The summed E-state index contributed by atoms with van der Waals surface area (Å²) in [7, 11) is 0. The van der Waals surface area contributed by atoms with E-state index in [4.69, 9.17) is 14.6 Å². The second-order valence-corrected chi connectivity index (χ2v) is 6.83. The smallest absolute Gasteiger partial charge is 0.162 e. The van der Waals surface area contributed by atoms with Crippen LogP contribution in [0.15, 0.2) is 77.9 Å². The van der Waals surface area contributed by atoms with Crippen molar-refractivity contribution in [1.29, 1.82) is 0 Å². The van der Waals surface area contributed by atoms with Crippen molar-refractivity contribution in [1.82, 2.24) is 0 Å². The summed E-state index contributed by atoms with van der Waals surface area (Å²) in [4.78, 5) is 0. The van der Waals surface area contributed by atoms with Gasteiger partial charge in [-0.25, -0.2) is 4.39 Å².